The molecule has 1 heterocycles. The molecule has 0 atom stereocenters. The summed E-state index contributed by atoms with van der Waals surface area (Å²) >= 11 is 0. The summed E-state index contributed by atoms with van der Waals surface area (Å²) in [6.45, 7) is 0.347. The number of aromatic nitrogens is 1. The second-order valence-electron chi connectivity index (χ2n) is 5.99. The molecular weight excluding hydrogens is 356 g/mol. The van der Waals surface area contributed by atoms with Crippen LogP contribution in [0.25, 0.3) is 0 Å². The van der Waals surface area contributed by atoms with Crippen molar-refractivity contribution >= 4 is 11.6 Å². The van der Waals surface area contributed by atoms with Crippen LogP contribution in [-0.2, 0) is 6.54 Å². The Morgan fingerprint density at radius 3 is 2.11 bits per heavy atom. The molecule has 2 aromatic carbocycles. The van der Waals surface area contributed by atoms with Crippen molar-refractivity contribution in [2.45, 2.75) is 6.54 Å². The minimum absolute atomic E-state index is 0.233. The van der Waals surface area contributed by atoms with Gasteiger partial charge in [0.05, 0.1) is 27.9 Å². The van der Waals surface area contributed by atoms with E-state index in [1.165, 1.54) is 14.2 Å². The SMILES string of the molecule is COc1ccc(N(Cc2cccnc2)C(=O)c2c(OC)cccc2OC)cc1. The first-order valence-electron chi connectivity index (χ1n) is 8.73. The lowest BCUT2D eigenvalue weighted by Gasteiger charge is -2.25. The molecule has 0 aliphatic rings. The van der Waals surface area contributed by atoms with Gasteiger partial charge in [-0.05, 0) is 48.0 Å². The molecule has 0 fully saturated rings. The number of ether oxygens (including phenoxy) is 3. The van der Waals surface area contributed by atoms with Gasteiger partial charge >= 0.3 is 0 Å². The quantitative estimate of drug-likeness (QED) is 0.623. The summed E-state index contributed by atoms with van der Waals surface area (Å²) in [5.41, 5.74) is 2.00. The van der Waals surface area contributed by atoms with Crippen LogP contribution >= 0.6 is 0 Å². The predicted molar refractivity (Wildman–Crippen MR) is 107 cm³/mol. The molecule has 0 aliphatic carbocycles. The number of carbonyl (C=O) groups is 1. The van der Waals surface area contributed by atoms with Crippen LogP contribution in [0.3, 0.4) is 0 Å². The lowest BCUT2D eigenvalue weighted by molar-refractivity contribution is 0.0979. The zero-order chi connectivity index (χ0) is 19.9. The van der Waals surface area contributed by atoms with E-state index >= 15 is 0 Å². The van der Waals surface area contributed by atoms with Crippen molar-refractivity contribution < 1.29 is 19.0 Å². The van der Waals surface area contributed by atoms with E-state index in [-0.39, 0.29) is 5.91 Å². The Morgan fingerprint density at radius 1 is 0.893 bits per heavy atom. The number of hydrogen-bond acceptors (Lipinski definition) is 5. The Labute approximate surface area is 164 Å². The number of carbonyl (C=O) groups excluding carboxylic acids is 1. The number of anilines is 1. The average Bonchev–Trinajstić information content (AvgIpc) is 2.77. The number of benzene rings is 2. The Morgan fingerprint density at radius 2 is 1.57 bits per heavy atom. The molecule has 3 aromatic rings. The predicted octanol–water partition coefficient (Wildman–Crippen LogP) is 3.95. The van der Waals surface area contributed by atoms with Gasteiger partial charge in [0.1, 0.15) is 22.8 Å². The Kier molecular flexibility index (Phi) is 6.11. The fraction of sp³-hybridized carbons (Fsp3) is 0.182. The average molecular weight is 378 g/mol. The van der Waals surface area contributed by atoms with E-state index in [4.69, 9.17) is 14.2 Å². The number of amides is 1. The van der Waals surface area contributed by atoms with Gasteiger partial charge in [-0.2, -0.15) is 0 Å². The van der Waals surface area contributed by atoms with Gasteiger partial charge in [0.15, 0.2) is 0 Å². The summed E-state index contributed by atoms with van der Waals surface area (Å²) in [7, 11) is 4.67. The van der Waals surface area contributed by atoms with Crippen molar-refractivity contribution in [2.75, 3.05) is 26.2 Å². The molecule has 1 amide bonds. The van der Waals surface area contributed by atoms with E-state index in [1.54, 1.807) is 42.6 Å². The van der Waals surface area contributed by atoms with Crippen LogP contribution in [-0.4, -0.2) is 32.2 Å². The van der Waals surface area contributed by atoms with Crippen LogP contribution in [0.1, 0.15) is 15.9 Å². The maximum atomic E-state index is 13.6. The topological polar surface area (TPSA) is 60.9 Å². The molecule has 28 heavy (non-hydrogen) atoms. The lowest BCUT2D eigenvalue weighted by Crippen LogP contribution is -2.31. The maximum absolute atomic E-state index is 13.6. The Balaban J connectivity index is 2.06. The van der Waals surface area contributed by atoms with Crippen molar-refractivity contribution in [3.63, 3.8) is 0 Å². The fourth-order valence-corrected chi connectivity index (χ4v) is 2.91. The van der Waals surface area contributed by atoms with Crippen molar-refractivity contribution in [2.24, 2.45) is 0 Å². The van der Waals surface area contributed by atoms with Gasteiger partial charge in [-0.25, -0.2) is 0 Å². The number of nitrogens with zero attached hydrogens (tertiary/aromatic N) is 2. The maximum Gasteiger partial charge on any atom is 0.266 e. The van der Waals surface area contributed by atoms with Crippen molar-refractivity contribution in [1.29, 1.82) is 0 Å². The normalized spacial score (nSPS) is 10.2. The van der Waals surface area contributed by atoms with Gasteiger partial charge in [0.2, 0.25) is 0 Å². The molecule has 144 valence electrons. The highest BCUT2D eigenvalue weighted by Gasteiger charge is 2.25. The third-order valence-corrected chi connectivity index (χ3v) is 4.33. The monoisotopic (exact) mass is 378 g/mol. The van der Waals surface area contributed by atoms with E-state index in [1.807, 2.05) is 36.4 Å². The minimum atomic E-state index is -0.233. The van der Waals surface area contributed by atoms with Gasteiger partial charge in [-0.3, -0.25) is 9.78 Å². The summed E-state index contributed by atoms with van der Waals surface area (Å²) in [6, 6.07) is 16.4. The standard InChI is InChI=1S/C22H22N2O4/c1-26-18-11-9-17(10-12-18)24(15-16-6-5-13-23-14-16)22(25)21-19(27-2)7-4-8-20(21)28-3/h4-14H,15H2,1-3H3. The molecule has 0 aliphatic heterocycles. The largest absolute Gasteiger partial charge is 0.497 e. The van der Waals surface area contributed by atoms with Crippen LogP contribution in [0.4, 0.5) is 5.69 Å². The van der Waals surface area contributed by atoms with Crippen LogP contribution < -0.4 is 19.1 Å². The molecule has 3 rings (SSSR count). The van der Waals surface area contributed by atoms with Gasteiger partial charge in [0.25, 0.3) is 5.91 Å². The first-order chi connectivity index (χ1) is 13.7. The van der Waals surface area contributed by atoms with Crippen molar-refractivity contribution in [3.05, 3.63) is 78.1 Å². The van der Waals surface area contributed by atoms with E-state index in [0.717, 1.165) is 11.3 Å². The molecule has 6 nitrogen and oxygen atoms in total. The Hall–Kier alpha value is -3.54. The summed E-state index contributed by atoms with van der Waals surface area (Å²) < 4.78 is 16.1. The molecule has 0 N–H and O–H groups in total. The smallest absolute Gasteiger partial charge is 0.266 e. The van der Waals surface area contributed by atoms with Gasteiger partial charge in [0, 0.05) is 18.1 Å². The highest BCUT2D eigenvalue weighted by molar-refractivity contribution is 6.09. The molecule has 0 radical (unpaired) electrons. The molecule has 6 heteroatoms. The van der Waals surface area contributed by atoms with E-state index in [2.05, 4.69) is 4.98 Å². The zero-order valence-electron chi connectivity index (χ0n) is 16.1. The minimum Gasteiger partial charge on any atom is -0.497 e. The van der Waals surface area contributed by atoms with Gasteiger partial charge < -0.3 is 19.1 Å². The fourth-order valence-electron chi connectivity index (χ4n) is 2.91. The number of hydrogen-bond donors (Lipinski definition) is 0. The van der Waals surface area contributed by atoms with Crippen molar-refractivity contribution in [1.82, 2.24) is 4.98 Å². The van der Waals surface area contributed by atoms with Crippen LogP contribution in [0.2, 0.25) is 0 Å². The molecule has 0 spiro atoms. The van der Waals surface area contributed by atoms with Crippen LogP contribution in [0.5, 0.6) is 17.2 Å². The molecule has 0 unspecified atom stereocenters. The summed E-state index contributed by atoms with van der Waals surface area (Å²) in [4.78, 5) is 19.4. The number of methoxy groups -OCH3 is 3. The second kappa shape index (κ2) is 8.90. The molecular formula is C22H22N2O4. The third-order valence-electron chi connectivity index (χ3n) is 4.33. The summed E-state index contributed by atoms with van der Waals surface area (Å²) in [5, 5.41) is 0. The van der Waals surface area contributed by atoms with Crippen molar-refractivity contribution in [3.8, 4) is 17.2 Å². The molecule has 0 bridgehead atoms. The van der Waals surface area contributed by atoms with E-state index in [0.29, 0.717) is 29.4 Å². The highest BCUT2D eigenvalue weighted by atomic mass is 16.5. The van der Waals surface area contributed by atoms with Gasteiger partial charge in [-0.1, -0.05) is 12.1 Å². The van der Waals surface area contributed by atoms with E-state index < -0.39 is 0 Å². The first-order valence-corrected chi connectivity index (χ1v) is 8.73. The highest BCUT2D eigenvalue weighted by Crippen LogP contribution is 2.32. The van der Waals surface area contributed by atoms with E-state index in [9.17, 15) is 4.79 Å². The third kappa shape index (κ3) is 4.06. The number of pyridine rings is 1. The first kappa shape index (κ1) is 19.2. The summed E-state index contributed by atoms with van der Waals surface area (Å²) in [6.07, 6.45) is 3.44. The number of rotatable bonds is 7. The zero-order valence-corrected chi connectivity index (χ0v) is 16.1. The second-order valence-corrected chi connectivity index (χ2v) is 5.99. The Bertz CT molecular complexity index is 905. The molecule has 1 aromatic heterocycles. The summed E-state index contributed by atoms with van der Waals surface area (Å²) in [5.74, 6) is 1.39. The lowest BCUT2D eigenvalue weighted by atomic mass is 10.1. The molecule has 0 saturated carbocycles. The van der Waals surface area contributed by atoms with Crippen LogP contribution in [0, 0.1) is 0 Å². The van der Waals surface area contributed by atoms with Gasteiger partial charge in [-0.15, -0.1) is 0 Å². The van der Waals surface area contributed by atoms with Crippen LogP contribution in [0.15, 0.2) is 67.0 Å². The molecule has 0 saturated heterocycles.